The molecule has 1 heterocycles. The Morgan fingerprint density at radius 1 is 1.39 bits per heavy atom. The summed E-state index contributed by atoms with van der Waals surface area (Å²) < 4.78 is 19.2. The molecule has 102 valence electrons. The van der Waals surface area contributed by atoms with Gasteiger partial charge in [-0.25, -0.2) is 4.39 Å². The Hall–Kier alpha value is -1.00. The Labute approximate surface area is 109 Å². The second kappa shape index (κ2) is 6.81. The summed E-state index contributed by atoms with van der Waals surface area (Å²) in [5.41, 5.74) is 0.468. The summed E-state index contributed by atoms with van der Waals surface area (Å²) in [6.07, 6.45) is 3.76. The molecule has 2 atom stereocenters. The number of ether oxygens (including phenoxy) is 1. The maximum Gasteiger partial charge on any atom is 0.141 e. The third-order valence-electron chi connectivity index (χ3n) is 3.25. The Morgan fingerprint density at radius 2 is 2.11 bits per heavy atom. The van der Waals surface area contributed by atoms with Crippen molar-refractivity contribution in [3.63, 3.8) is 0 Å². The van der Waals surface area contributed by atoms with Crippen molar-refractivity contribution in [3.05, 3.63) is 29.8 Å². The largest absolute Gasteiger partial charge is 0.374 e. The molecule has 3 nitrogen and oxygen atoms in total. The molecule has 1 rings (SSSR count). The SMILES string of the molecule is CCNC(c1cncc(F)c1)C(C)(CC)OCC. The van der Waals surface area contributed by atoms with E-state index < -0.39 is 0 Å². The molecule has 4 heteroatoms. The summed E-state index contributed by atoms with van der Waals surface area (Å²) >= 11 is 0. The van der Waals surface area contributed by atoms with Gasteiger partial charge in [-0.2, -0.15) is 0 Å². The molecule has 0 aliphatic rings. The zero-order valence-corrected chi connectivity index (χ0v) is 11.7. The van der Waals surface area contributed by atoms with E-state index in [4.69, 9.17) is 4.74 Å². The smallest absolute Gasteiger partial charge is 0.141 e. The van der Waals surface area contributed by atoms with Gasteiger partial charge in [-0.1, -0.05) is 13.8 Å². The molecule has 1 N–H and O–H groups in total. The van der Waals surface area contributed by atoms with Crippen LogP contribution in [0.1, 0.15) is 45.7 Å². The lowest BCUT2D eigenvalue weighted by molar-refractivity contribution is -0.0561. The fourth-order valence-electron chi connectivity index (χ4n) is 2.20. The minimum atomic E-state index is -0.361. The molecule has 0 amide bonds. The fourth-order valence-corrected chi connectivity index (χ4v) is 2.20. The van der Waals surface area contributed by atoms with E-state index >= 15 is 0 Å². The average molecular weight is 254 g/mol. The van der Waals surface area contributed by atoms with Gasteiger partial charge in [0.25, 0.3) is 0 Å². The first-order valence-corrected chi connectivity index (χ1v) is 6.55. The van der Waals surface area contributed by atoms with Crippen molar-refractivity contribution < 1.29 is 9.13 Å². The maximum absolute atomic E-state index is 13.3. The highest BCUT2D eigenvalue weighted by atomic mass is 19.1. The van der Waals surface area contributed by atoms with Crippen LogP contribution in [0.2, 0.25) is 0 Å². The molecule has 2 unspecified atom stereocenters. The number of pyridine rings is 1. The lowest BCUT2D eigenvalue weighted by Gasteiger charge is -2.37. The quantitative estimate of drug-likeness (QED) is 0.812. The summed E-state index contributed by atoms with van der Waals surface area (Å²) in [6, 6.07) is 1.46. The number of rotatable bonds is 7. The van der Waals surface area contributed by atoms with Crippen LogP contribution in [0.3, 0.4) is 0 Å². The van der Waals surface area contributed by atoms with Crippen molar-refractivity contribution >= 4 is 0 Å². The standard InChI is InChI=1S/C14H23FN2O/c1-5-14(4,18-7-3)13(17-6-2)11-8-12(15)10-16-9-11/h8-10,13,17H,5-7H2,1-4H3. The van der Waals surface area contributed by atoms with Gasteiger partial charge in [-0.15, -0.1) is 0 Å². The van der Waals surface area contributed by atoms with Crippen molar-refractivity contribution in [1.29, 1.82) is 0 Å². The molecule has 0 fully saturated rings. The van der Waals surface area contributed by atoms with E-state index in [1.165, 1.54) is 12.3 Å². The minimum Gasteiger partial charge on any atom is -0.374 e. The molecule has 0 aromatic carbocycles. The second-order valence-electron chi connectivity index (χ2n) is 4.53. The Kier molecular flexibility index (Phi) is 5.69. The van der Waals surface area contributed by atoms with E-state index in [2.05, 4.69) is 24.1 Å². The fraction of sp³-hybridized carbons (Fsp3) is 0.643. The van der Waals surface area contributed by atoms with Gasteiger partial charge in [-0.3, -0.25) is 4.98 Å². The summed E-state index contributed by atoms with van der Waals surface area (Å²) in [7, 11) is 0. The van der Waals surface area contributed by atoms with Crippen LogP contribution in [0, 0.1) is 5.82 Å². The Morgan fingerprint density at radius 3 is 2.61 bits per heavy atom. The van der Waals surface area contributed by atoms with E-state index in [0.29, 0.717) is 6.61 Å². The average Bonchev–Trinajstić information content (AvgIpc) is 2.36. The van der Waals surface area contributed by atoms with Gasteiger partial charge in [0.15, 0.2) is 0 Å². The zero-order valence-electron chi connectivity index (χ0n) is 11.7. The van der Waals surface area contributed by atoms with Gasteiger partial charge in [0.05, 0.1) is 17.8 Å². The van der Waals surface area contributed by atoms with Gasteiger partial charge in [0.1, 0.15) is 5.82 Å². The van der Waals surface area contributed by atoms with Crippen LogP contribution in [0.5, 0.6) is 0 Å². The number of hydrogen-bond donors (Lipinski definition) is 1. The molecular weight excluding hydrogens is 231 g/mol. The van der Waals surface area contributed by atoms with Crippen LogP contribution in [-0.4, -0.2) is 23.7 Å². The molecule has 0 aliphatic heterocycles. The molecule has 0 radical (unpaired) electrons. The summed E-state index contributed by atoms with van der Waals surface area (Å²) in [4.78, 5) is 3.92. The predicted octanol–water partition coefficient (Wildman–Crippen LogP) is 3.08. The number of halogens is 1. The van der Waals surface area contributed by atoms with Crippen LogP contribution in [0.4, 0.5) is 4.39 Å². The molecule has 0 spiro atoms. The van der Waals surface area contributed by atoms with Crippen molar-refractivity contribution in [3.8, 4) is 0 Å². The Bertz CT molecular complexity index is 373. The summed E-state index contributed by atoms with van der Waals surface area (Å²) in [6.45, 7) is 9.56. The highest BCUT2D eigenvalue weighted by molar-refractivity contribution is 5.19. The molecular formula is C14H23FN2O. The zero-order chi connectivity index (χ0) is 13.6. The lowest BCUT2D eigenvalue weighted by atomic mass is 9.88. The van der Waals surface area contributed by atoms with Crippen LogP contribution < -0.4 is 5.32 Å². The topological polar surface area (TPSA) is 34.2 Å². The van der Waals surface area contributed by atoms with Crippen LogP contribution >= 0.6 is 0 Å². The van der Waals surface area contributed by atoms with Gasteiger partial charge in [0, 0.05) is 12.8 Å². The van der Waals surface area contributed by atoms with Gasteiger partial charge < -0.3 is 10.1 Å². The maximum atomic E-state index is 13.3. The molecule has 0 saturated carbocycles. The molecule has 1 aromatic heterocycles. The minimum absolute atomic E-state index is 0.0596. The first-order chi connectivity index (χ1) is 8.57. The van der Waals surface area contributed by atoms with Gasteiger partial charge in [-0.05, 0) is 38.4 Å². The number of nitrogens with one attached hydrogen (secondary N) is 1. The highest BCUT2D eigenvalue weighted by Crippen LogP contribution is 2.32. The van der Waals surface area contributed by atoms with Crippen LogP contribution in [-0.2, 0) is 4.74 Å². The number of hydrogen-bond acceptors (Lipinski definition) is 3. The molecule has 0 aliphatic carbocycles. The van der Waals surface area contributed by atoms with E-state index in [0.717, 1.165) is 18.5 Å². The van der Waals surface area contributed by atoms with E-state index in [1.54, 1.807) is 6.20 Å². The van der Waals surface area contributed by atoms with Gasteiger partial charge >= 0.3 is 0 Å². The van der Waals surface area contributed by atoms with Crippen molar-refractivity contribution in [2.24, 2.45) is 0 Å². The lowest BCUT2D eigenvalue weighted by Crippen LogP contribution is -2.43. The molecule has 18 heavy (non-hydrogen) atoms. The van der Waals surface area contributed by atoms with Crippen LogP contribution in [0.25, 0.3) is 0 Å². The van der Waals surface area contributed by atoms with Gasteiger partial charge in [0.2, 0.25) is 0 Å². The summed E-state index contributed by atoms with van der Waals surface area (Å²) in [5, 5.41) is 3.37. The second-order valence-corrected chi connectivity index (χ2v) is 4.53. The number of likely N-dealkylation sites (N-methyl/N-ethyl adjacent to an activating group) is 1. The van der Waals surface area contributed by atoms with E-state index in [-0.39, 0.29) is 17.5 Å². The molecule has 1 aromatic rings. The van der Waals surface area contributed by atoms with Crippen LogP contribution in [0.15, 0.2) is 18.5 Å². The van der Waals surface area contributed by atoms with E-state index in [9.17, 15) is 4.39 Å². The third kappa shape index (κ3) is 3.50. The Balaban J connectivity index is 3.07. The summed E-state index contributed by atoms with van der Waals surface area (Å²) in [5.74, 6) is -0.314. The van der Waals surface area contributed by atoms with E-state index in [1.807, 2.05) is 13.8 Å². The number of nitrogens with zero attached hydrogens (tertiary/aromatic N) is 1. The first-order valence-electron chi connectivity index (χ1n) is 6.55. The number of aromatic nitrogens is 1. The normalized spacial score (nSPS) is 16.3. The molecule has 0 bridgehead atoms. The first kappa shape index (κ1) is 15.1. The van der Waals surface area contributed by atoms with Crippen molar-refractivity contribution in [2.75, 3.05) is 13.2 Å². The monoisotopic (exact) mass is 254 g/mol. The van der Waals surface area contributed by atoms with Crippen molar-refractivity contribution in [2.45, 2.75) is 45.8 Å². The third-order valence-corrected chi connectivity index (χ3v) is 3.25. The predicted molar refractivity (Wildman–Crippen MR) is 70.9 cm³/mol. The highest BCUT2D eigenvalue weighted by Gasteiger charge is 2.34. The molecule has 0 saturated heterocycles. The van der Waals surface area contributed by atoms with Crippen molar-refractivity contribution in [1.82, 2.24) is 10.3 Å².